The summed E-state index contributed by atoms with van der Waals surface area (Å²) in [5, 5.41) is 10.7. The maximum Gasteiger partial charge on any atom is 0.220 e. The van der Waals surface area contributed by atoms with Crippen molar-refractivity contribution in [3.05, 3.63) is 48.9 Å². The molecule has 0 atom stereocenters. The van der Waals surface area contributed by atoms with Crippen LogP contribution in [0.3, 0.4) is 0 Å². The van der Waals surface area contributed by atoms with Crippen molar-refractivity contribution in [1.82, 2.24) is 30.2 Å². The maximum atomic E-state index is 11.8. The summed E-state index contributed by atoms with van der Waals surface area (Å²) >= 11 is 0. The fraction of sp³-hybridized carbons (Fsp3) is 0.267. The Hall–Kier alpha value is -3.03. The average molecular weight is 312 g/mol. The third-order valence-electron chi connectivity index (χ3n) is 3.32. The van der Waals surface area contributed by atoms with E-state index >= 15 is 0 Å². The highest BCUT2D eigenvalue weighted by Gasteiger charge is 2.04. The smallest absolute Gasteiger partial charge is 0.220 e. The first-order valence-corrected chi connectivity index (χ1v) is 7.26. The van der Waals surface area contributed by atoms with Gasteiger partial charge in [-0.25, -0.2) is 4.98 Å². The van der Waals surface area contributed by atoms with Gasteiger partial charge in [0.25, 0.3) is 0 Å². The highest BCUT2D eigenvalue weighted by molar-refractivity contribution is 5.75. The molecule has 0 bridgehead atoms. The van der Waals surface area contributed by atoms with E-state index < -0.39 is 0 Å². The van der Waals surface area contributed by atoms with Crippen LogP contribution in [0.25, 0.3) is 11.4 Å². The van der Waals surface area contributed by atoms with Crippen LogP contribution >= 0.6 is 0 Å². The van der Waals surface area contributed by atoms with E-state index in [1.165, 1.54) is 12.7 Å². The third-order valence-corrected chi connectivity index (χ3v) is 3.32. The van der Waals surface area contributed by atoms with Crippen LogP contribution in [0.1, 0.15) is 18.4 Å². The number of carbonyl (C=O) groups is 1. The number of aromatic nitrogens is 5. The highest BCUT2D eigenvalue weighted by Crippen LogP contribution is 2.14. The Morgan fingerprint density at radius 1 is 1.26 bits per heavy atom. The SMILES string of the molecule is O=C(CCCn1cncn1)NCc1ccc(-c2ncon2)cc1. The molecule has 1 amide bonds. The quantitative estimate of drug-likeness (QED) is 0.708. The normalized spacial score (nSPS) is 10.6. The number of carbonyl (C=O) groups excluding carboxylic acids is 1. The molecule has 2 aromatic heterocycles. The predicted octanol–water partition coefficient (Wildman–Crippen LogP) is 1.42. The second-order valence-corrected chi connectivity index (χ2v) is 4.99. The van der Waals surface area contributed by atoms with E-state index in [0.717, 1.165) is 17.5 Å². The van der Waals surface area contributed by atoms with Crippen molar-refractivity contribution in [2.75, 3.05) is 0 Å². The number of benzene rings is 1. The van der Waals surface area contributed by atoms with Crippen LogP contribution < -0.4 is 5.32 Å². The van der Waals surface area contributed by atoms with Crippen LogP contribution in [0, 0.1) is 0 Å². The molecule has 1 aromatic carbocycles. The highest BCUT2D eigenvalue weighted by atomic mass is 16.5. The summed E-state index contributed by atoms with van der Waals surface area (Å²) in [4.78, 5) is 19.7. The van der Waals surface area contributed by atoms with Gasteiger partial charge in [-0.1, -0.05) is 29.4 Å². The summed E-state index contributed by atoms with van der Waals surface area (Å²) in [6, 6.07) is 7.66. The van der Waals surface area contributed by atoms with Gasteiger partial charge in [0.1, 0.15) is 12.7 Å². The second-order valence-electron chi connectivity index (χ2n) is 4.99. The van der Waals surface area contributed by atoms with Crippen molar-refractivity contribution in [3.63, 3.8) is 0 Å². The zero-order chi connectivity index (χ0) is 15.9. The molecule has 0 saturated heterocycles. The molecule has 0 fully saturated rings. The first kappa shape index (κ1) is 14.9. The second kappa shape index (κ2) is 7.30. The van der Waals surface area contributed by atoms with Crippen molar-refractivity contribution >= 4 is 5.91 Å². The lowest BCUT2D eigenvalue weighted by atomic mass is 10.1. The largest absolute Gasteiger partial charge is 0.352 e. The fourth-order valence-electron chi connectivity index (χ4n) is 2.11. The molecule has 0 aliphatic carbocycles. The topological polar surface area (TPSA) is 98.7 Å². The molecule has 23 heavy (non-hydrogen) atoms. The molecule has 1 N–H and O–H groups in total. The van der Waals surface area contributed by atoms with Gasteiger partial charge >= 0.3 is 0 Å². The van der Waals surface area contributed by atoms with Crippen molar-refractivity contribution in [3.8, 4) is 11.4 Å². The molecule has 0 saturated carbocycles. The molecule has 3 rings (SSSR count). The van der Waals surface area contributed by atoms with Gasteiger partial charge in [0, 0.05) is 25.1 Å². The van der Waals surface area contributed by atoms with Gasteiger partial charge in [0.2, 0.25) is 18.1 Å². The molecule has 8 nitrogen and oxygen atoms in total. The van der Waals surface area contributed by atoms with Gasteiger partial charge in [-0.3, -0.25) is 9.48 Å². The van der Waals surface area contributed by atoms with E-state index in [1.807, 2.05) is 24.3 Å². The molecule has 0 aliphatic rings. The molecule has 0 aliphatic heterocycles. The van der Waals surface area contributed by atoms with E-state index in [0.29, 0.717) is 25.3 Å². The molecular formula is C15H16N6O2. The van der Waals surface area contributed by atoms with Gasteiger partial charge in [0.15, 0.2) is 0 Å². The van der Waals surface area contributed by atoms with Crippen molar-refractivity contribution in [2.24, 2.45) is 0 Å². The van der Waals surface area contributed by atoms with E-state index in [9.17, 15) is 4.79 Å². The minimum Gasteiger partial charge on any atom is -0.352 e. The average Bonchev–Trinajstić information content (AvgIpc) is 3.27. The Bertz CT molecular complexity index is 722. The standard InChI is InChI=1S/C15H16N6O2/c22-14(2-1-7-21-10-16-9-19-21)17-8-12-3-5-13(6-4-12)15-18-11-23-20-15/h3-6,9-11H,1-2,7-8H2,(H,17,22). The van der Waals surface area contributed by atoms with Crippen molar-refractivity contribution < 1.29 is 9.32 Å². The van der Waals surface area contributed by atoms with Gasteiger partial charge in [-0.15, -0.1) is 0 Å². The summed E-state index contributed by atoms with van der Waals surface area (Å²) < 4.78 is 6.43. The maximum absolute atomic E-state index is 11.8. The van der Waals surface area contributed by atoms with Crippen LogP contribution in [-0.4, -0.2) is 30.8 Å². The summed E-state index contributed by atoms with van der Waals surface area (Å²) in [7, 11) is 0. The van der Waals surface area contributed by atoms with Crippen LogP contribution in [0.5, 0.6) is 0 Å². The number of hydrogen-bond donors (Lipinski definition) is 1. The van der Waals surface area contributed by atoms with Gasteiger partial charge in [-0.05, 0) is 12.0 Å². The lowest BCUT2D eigenvalue weighted by Crippen LogP contribution is -2.22. The van der Waals surface area contributed by atoms with Crippen LogP contribution in [0.4, 0.5) is 0 Å². The van der Waals surface area contributed by atoms with E-state index in [4.69, 9.17) is 4.52 Å². The molecule has 0 unspecified atom stereocenters. The minimum absolute atomic E-state index is 0.0207. The number of aryl methyl sites for hydroxylation is 1. The molecule has 3 aromatic rings. The number of amides is 1. The van der Waals surface area contributed by atoms with Gasteiger partial charge in [0.05, 0.1) is 0 Å². The zero-order valence-corrected chi connectivity index (χ0v) is 12.4. The predicted molar refractivity (Wildman–Crippen MR) is 80.8 cm³/mol. The molecule has 0 spiro atoms. The minimum atomic E-state index is 0.0207. The van der Waals surface area contributed by atoms with Gasteiger partial charge < -0.3 is 9.84 Å². The summed E-state index contributed by atoms with van der Waals surface area (Å²) in [6.45, 7) is 1.18. The Balaban J connectivity index is 1.42. The van der Waals surface area contributed by atoms with E-state index in [1.54, 1.807) is 11.0 Å². The van der Waals surface area contributed by atoms with Crippen molar-refractivity contribution in [2.45, 2.75) is 25.9 Å². The first-order valence-electron chi connectivity index (χ1n) is 7.26. The molecule has 2 heterocycles. The Kier molecular flexibility index (Phi) is 4.72. The monoisotopic (exact) mass is 312 g/mol. The number of rotatable bonds is 7. The summed E-state index contributed by atoms with van der Waals surface area (Å²) in [5.74, 6) is 0.570. The first-order chi connectivity index (χ1) is 11.3. The van der Waals surface area contributed by atoms with Crippen LogP contribution in [0.2, 0.25) is 0 Å². The Morgan fingerprint density at radius 2 is 2.13 bits per heavy atom. The fourth-order valence-corrected chi connectivity index (χ4v) is 2.11. The zero-order valence-electron chi connectivity index (χ0n) is 12.4. The number of hydrogen-bond acceptors (Lipinski definition) is 6. The lowest BCUT2D eigenvalue weighted by molar-refractivity contribution is -0.121. The Labute approximate surface area is 132 Å². The molecule has 8 heteroatoms. The summed E-state index contributed by atoms with van der Waals surface area (Å²) in [6.07, 6.45) is 5.61. The third kappa shape index (κ3) is 4.22. The molecular weight excluding hydrogens is 296 g/mol. The number of nitrogens with zero attached hydrogens (tertiary/aromatic N) is 5. The van der Waals surface area contributed by atoms with E-state index in [-0.39, 0.29) is 5.91 Å². The number of nitrogens with one attached hydrogen (secondary N) is 1. The molecule has 118 valence electrons. The summed E-state index contributed by atoms with van der Waals surface area (Å²) in [5.41, 5.74) is 1.89. The molecule has 0 radical (unpaired) electrons. The Morgan fingerprint density at radius 3 is 2.83 bits per heavy atom. The van der Waals surface area contributed by atoms with Gasteiger partial charge in [-0.2, -0.15) is 10.1 Å². The van der Waals surface area contributed by atoms with Crippen LogP contribution in [0.15, 0.2) is 47.8 Å². The lowest BCUT2D eigenvalue weighted by Gasteiger charge is -2.06. The van der Waals surface area contributed by atoms with Crippen molar-refractivity contribution in [1.29, 1.82) is 0 Å². The van der Waals surface area contributed by atoms with E-state index in [2.05, 4.69) is 25.5 Å². The van der Waals surface area contributed by atoms with Crippen LogP contribution in [-0.2, 0) is 17.9 Å².